The van der Waals surface area contributed by atoms with E-state index in [4.69, 9.17) is 4.42 Å². The molecule has 0 amide bonds. The highest BCUT2D eigenvalue weighted by Gasteiger charge is 2.20. The molecule has 1 atom stereocenters. The third-order valence-corrected chi connectivity index (χ3v) is 4.23. The Morgan fingerprint density at radius 2 is 1.64 bits per heavy atom. The second kappa shape index (κ2) is 7.67. The summed E-state index contributed by atoms with van der Waals surface area (Å²) in [4.78, 5) is 12.5. The minimum Gasteiger partial charge on any atom is -0.507 e. The predicted molar refractivity (Wildman–Crippen MR) is 99.0 cm³/mol. The van der Waals surface area contributed by atoms with E-state index in [1.165, 1.54) is 0 Å². The van der Waals surface area contributed by atoms with Crippen molar-refractivity contribution in [3.63, 3.8) is 0 Å². The van der Waals surface area contributed by atoms with Gasteiger partial charge in [0.2, 0.25) is 0 Å². The Morgan fingerprint density at radius 3 is 2.24 bits per heavy atom. The van der Waals surface area contributed by atoms with E-state index in [0.29, 0.717) is 12.2 Å². The monoisotopic (exact) mass is 332 g/mol. The van der Waals surface area contributed by atoms with Gasteiger partial charge in [-0.05, 0) is 17.5 Å². The highest BCUT2D eigenvalue weighted by Crippen LogP contribution is 2.30. The molecule has 1 unspecified atom stereocenters. The quantitative estimate of drug-likeness (QED) is 0.679. The summed E-state index contributed by atoms with van der Waals surface area (Å²) in [6, 6.07) is 21.0. The fraction of sp³-hybridized carbons (Fsp3) is 0.136. The summed E-state index contributed by atoms with van der Waals surface area (Å²) in [5.74, 6) is 0.0275. The minimum absolute atomic E-state index is 0.0481. The zero-order valence-corrected chi connectivity index (χ0v) is 13.9. The molecule has 3 nitrogen and oxygen atoms in total. The number of hydrogen-bond acceptors (Lipinski definition) is 3. The molecule has 3 rings (SSSR count). The lowest BCUT2D eigenvalue weighted by molar-refractivity contribution is 0.411. The van der Waals surface area contributed by atoms with Crippen LogP contribution in [0.3, 0.4) is 0 Å². The summed E-state index contributed by atoms with van der Waals surface area (Å²) in [5, 5.41) is 10.4. The number of aryl methyl sites for hydroxylation is 2. The molecular weight excluding hydrogens is 312 g/mol. The summed E-state index contributed by atoms with van der Waals surface area (Å²) >= 11 is 0. The van der Waals surface area contributed by atoms with Crippen LogP contribution in [-0.4, -0.2) is 5.11 Å². The van der Waals surface area contributed by atoms with Crippen LogP contribution in [0.1, 0.15) is 28.4 Å². The third kappa shape index (κ3) is 3.89. The van der Waals surface area contributed by atoms with Gasteiger partial charge in [0.1, 0.15) is 11.5 Å². The Labute approximate surface area is 146 Å². The smallest absolute Gasteiger partial charge is 0.343 e. The van der Waals surface area contributed by atoms with Gasteiger partial charge in [0.25, 0.3) is 0 Å². The van der Waals surface area contributed by atoms with Crippen LogP contribution in [0.4, 0.5) is 0 Å². The molecule has 0 radical (unpaired) electrons. The van der Waals surface area contributed by atoms with Crippen LogP contribution >= 0.6 is 0 Å². The zero-order chi connectivity index (χ0) is 17.6. The van der Waals surface area contributed by atoms with E-state index in [1.807, 2.05) is 60.7 Å². The van der Waals surface area contributed by atoms with Gasteiger partial charge in [-0.25, -0.2) is 4.79 Å². The van der Waals surface area contributed by atoms with Crippen molar-refractivity contribution < 1.29 is 9.52 Å². The van der Waals surface area contributed by atoms with Gasteiger partial charge in [-0.2, -0.15) is 0 Å². The van der Waals surface area contributed by atoms with Gasteiger partial charge in [0.05, 0.1) is 5.56 Å². The average Bonchev–Trinajstić information content (AvgIpc) is 2.64. The van der Waals surface area contributed by atoms with Crippen molar-refractivity contribution in [2.75, 3.05) is 0 Å². The molecular formula is C22H20O3. The molecule has 1 heterocycles. The number of allylic oxidation sites excluding steroid dienone is 1. The van der Waals surface area contributed by atoms with Crippen molar-refractivity contribution in [1.82, 2.24) is 0 Å². The average molecular weight is 332 g/mol. The zero-order valence-electron chi connectivity index (χ0n) is 13.9. The van der Waals surface area contributed by atoms with E-state index in [1.54, 1.807) is 12.1 Å². The maximum Gasteiger partial charge on any atom is 0.343 e. The summed E-state index contributed by atoms with van der Waals surface area (Å²) in [7, 11) is 0. The molecule has 1 aromatic heterocycles. The van der Waals surface area contributed by atoms with E-state index < -0.39 is 11.5 Å². The summed E-state index contributed by atoms with van der Waals surface area (Å²) in [6.45, 7) is 3.80. The van der Waals surface area contributed by atoms with E-state index >= 15 is 0 Å². The van der Waals surface area contributed by atoms with Crippen LogP contribution < -0.4 is 5.63 Å². The van der Waals surface area contributed by atoms with Crippen LogP contribution in [0.5, 0.6) is 5.75 Å². The predicted octanol–water partition coefficient (Wildman–Crippen LogP) is 4.45. The molecule has 0 aliphatic carbocycles. The second-order valence-electron chi connectivity index (χ2n) is 5.91. The molecule has 0 saturated heterocycles. The van der Waals surface area contributed by atoms with Gasteiger partial charge < -0.3 is 9.52 Å². The molecule has 3 aromatic rings. The Kier molecular flexibility index (Phi) is 5.14. The van der Waals surface area contributed by atoms with Gasteiger partial charge in [0.15, 0.2) is 0 Å². The van der Waals surface area contributed by atoms with E-state index in [-0.39, 0.29) is 11.3 Å². The molecule has 0 aliphatic heterocycles. The molecule has 25 heavy (non-hydrogen) atoms. The fourth-order valence-electron chi connectivity index (χ4n) is 2.94. The molecule has 0 bridgehead atoms. The van der Waals surface area contributed by atoms with Crippen molar-refractivity contribution in [1.29, 1.82) is 0 Å². The standard InChI is InChI=1S/C22H20O3/c1-2-19(17-11-7-4-8-12-17)21-20(23)15-18(25-22(21)24)14-13-16-9-5-3-6-10-16/h2-12,15,19,23H,1,13-14H2. The highest BCUT2D eigenvalue weighted by atomic mass is 16.4. The molecule has 0 spiro atoms. The SMILES string of the molecule is C=CC(c1ccccc1)c1c(O)cc(CCc2ccccc2)oc1=O. The van der Waals surface area contributed by atoms with Crippen molar-refractivity contribution in [3.05, 3.63) is 112 Å². The van der Waals surface area contributed by atoms with Gasteiger partial charge >= 0.3 is 5.63 Å². The molecule has 0 saturated carbocycles. The molecule has 3 heteroatoms. The maximum atomic E-state index is 12.5. The topological polar surface area (TPSA) is 50.4 Å². The third-order valence-electron chi connectivity index (χ3n) is 4.23. The van der Waals surface area contributed by atoms with Crippen molar-refractivity contribution >= 4 is 0 Å². The van der Waals surface area contributed by atoms with Crippen LogP contribution in [0.15, 0.2) is 88.6 Å². The number of hydrogen-bond donors (Lipinski definition) is 1. The fourth-order valence-corrected chi connectivity index (χ4v) is 2.94. The number of benzene rings is 2. The molecule has 2 aromatic carbocycles. The summed E-state index contributed by atoms with van der Waals surface area (Å²) < 4.78 is 5.45. The Balaban J connectivity index is 1.87. The first kappa shape index (κ1) is 16.8. The number of aromatic hydroxyl groups is 1. The lowest BCUT2D eigenvalue weighted by Crippen LogP contribution is -2.14. The molecule has 126 valence electrons. The van der Waals surface area contributed by atoms with Gasteiger partial charge in [-0.15, -0.1) is 6.58 Å². The van der Waals surface area contributed by atoms with Crippen LogP contribution in [0.2, 0.25) is 0 Å². The first-order chi connectivity index (χ1) is 12.2. The first-order valence-electron chi connectivity index (χ1n) is 8.26. The van der Waals surface area contributed by atoms with Crippen molar-refractivity contribution in [2.45, 2.75) is 18.8 Å². The van der Waals surface area contributed by atoms with E-state index in [9.17, 15) is 9.90 Å². The van der Waals surface area contributed by atoms with Crippen molar-refractivity contribution in [3.8, 4) is 5.75 Å². The number of rotatable bonds is 6. The summed E-state index contributed by atoms with van der Waals surface area (Å²) in [6.07, 6.45) is 2.94. The van der Waals surface area contributed by atoms with E-state index in [0.717, 1.165) is 17.5 Å². The van der Waals surface area contributed by atoms with Gasteiger partial charge in [-0.1, -0.05) is 66.7 Å². The van der Waals surface area contributed by atoms with E-state index in [2.05, 4.69) is 6.58 Å². The molecule has 1 N–H and O–H groups in total. The van der Waals surface area contributed by atoms with Gasteiger partial charge in [0, 0.05) is 18.4 Å². The van der Waals surface area contributed by atoms with Crippen LogP contribution in [-0.2, 0) is 12.8 Å². The molecule has 0 aliphatic rings. The lowest BCUT2D eigenvalue weighted by atomic mass is 9.92. The first-order valence-corrected chi connectivity index (χ1v) is 8.26. The normalized spacial score (nSPS) is 11.8. The van der Waals surface area contributed by atoms with Crippen molar-refractivity contribution in [2.24, 2.45) is 0 Å². The Morgan fingerprint density at radius 1 is 1.00 bits per heavy atom. The molecule has 0 fully saturated rings. The van der Waals surface area contributed by atoms with Crippen LogP contribution in [0.25, 0.3) is 0 Å². The van der Waals surface area contributed by atoms with Gasteiger partial charge in [-0.3, -0.25) is 0 Å². The Bertz CT molecular complexity index is 896. The second-order valence-corrected chi connectivity index (χ2v) is 5.91. The summed E-state index contributed by atoms with van der Waals surface area (Å²) in [5.41, 5.74) is 1.75. The maximum absolute atomic E-state index is 12.5. The van der Waals surface area contributed by atoms with Crippen LogP contribution in [0, 0.1) is 0 Å². The lowest BCUT2D eigenvalue weighted by Gasteiger charge is -2.14. The minimum atomic E-state index is -0.517. The highest BCUT2D eigenvalue weighted by molar-refractivity contribution is 5.42. The largest absolute Gasteiger partial charge is 0.507 e. The Hall–Kier alpha value is -3.07.